The molecule has 0 radical (unpaired) electrons. The van der Waals surface area contributed by atoms with Crippen molar-refractivity contribution >= 4 is 5.97 Å². The molecule has 0 aliphatic rings. The van der Waals surface area contributed by atoms with Gasteiger partial charge in [0.25, 0.3) is 0 Å². The van der Waals surface area contributed by atoms with Gasteiger partial charge in [-0.1, -0.05) is 6.92 Å². The van der Waals surface area contributed by atoms with Gasteiger partial charge in [0.1, 0.15) is 0 Å². The predicted molar refractivity (Wildman–Crippen MR) is 42.3 cm³/mol. The molecule has 0 amide bonds. The minimum atomic E-state index is -0.358. The average molecular weight is 159 g/mol. The molecular weight excluding hydrogens is 142 g/mol. The second kappa shape index (κ2) is 4.34. The fourth-order valence-corrected chi connectivity index (χ4v) is 0.474. The van der Waals surface area contributed by atoms with Gasteiger partial charge in [0.05, 0.1) is 5.41 Å². The van der Waals surface area contributed by atoms with E-state index in [0.717, 1.165) is 6.42 Å². The van der Waals surface area contributed by atoms with Crippen molar-refractivity contribution in [3.05, 3.63) is 7.05 Å². The van der Waals surface area contributed by atoms with E-state index in [1.807, 2.05) is 20.8 Å². The normalized spacial score (nSPS) is 11.3. The predicted octanol–water partition coefficient (Wildman–Crippen LogP) is 0.278. The SMILES string of the molecule is [CH2-][NH2+]COC(=O)C(C)(C)CC. The van der Waals surface area contributed by atoms with Crippen LogP contribution in [0.3, 0.4) is 0 Å². The van der Waals surface area contributed by atoms with Crippen LogP contribution in [0, 0.1) is 12.5 Å². The molecule has 3 nitrogen and oxygen atoms in total. The van der Waals surface area contributed by atoms with Crippen LogP contribution >= 0.6 is 0 Å². The Morgan fingerprint density at radius 1 is 1.64 bits per heavy atom. The number of ether oxygens (including phenoxy) is 1. The lowest BCUT2D eigenvalue weighted by atomic mass is 9.91. The Balaban J connectivity index is 3.82. The first kappa shape index (κ1) is 10.4. The van der Waals surface area contributed by atoms with Crippen molar-refractivity contribution in [3.63, 3.8) is 0 Å². The zero-order valence-electron chi connectivity index (χ0n) is 7.52. The van der Waals surface area contributed by atoms with E-state index >= 15 is 0 Å². The van der Waals surface area contributed by atoms with Crippen LogP contribution in [0.25, 0.3) is 0 Å². The Bertz CT molecular complexity index is 132. The summed E-state index contributed by atoms with van der Waals surface area (Å²) in [5.74, 6) is -0.153. The monoisotopic (exact) mass is 159 g/mol. The molecule has 0 heterocycles. The fourth-order valence-electron chi connectivity index (χ4n) is 0.474. The summed E-state index contributed by atoms with van der Waals surface area (Å²) in [6, 6.07) is 0. The zero-order chi connectivity index (χ0) is 8.91. The summed E-state index contributed by atoms with van der Waals surface area (Å²) in [5.41, 5.74) is -0.358. The smallest absolute Gasteiger partial charge is 0.315 e. The number of esters is 1. The molecule has 0 fully saturated rings. The van der Waals surface area contributed by atoms with Gasteiger partial charge < -0.3 is 10.1 Å². The number of nitrogens with two attached hydrogens (primary N) is 1. The summed E-state index contributed by atoms with van der Waals surface area (Å²) < 4.78 is 4.89. The van der Waals surface area contributed by atoms with Crippen molar-refractivity contribution in [1.29, 1.82) is 0 Å². The van der Waals surface area contributed by atoms with Crippen LogP contribution in [0.5, 0.6) is 0 Å². The van der Waals surface area contributed by atoms with Crippen molar-refractivity contribution in [3.8, 4) is 0 Å². The molecule has 0 spiro atoms. The van der Waals surface area contributed by atoms with Crippen molar-refractivity contribution in [1.82, 2.24) is 0 Å². The van der Waals surface area contributed by atoms with Gasteiger partial charge >= 0.3 is 5.97 Å². The molecular formula is C8H17NO2. The van der Waals surface area contributed by atoms with Crippen molar-refractivity contribution in [2.75, 3.05) is 6.73 Å². The third-order valence-corrected chi connectivity index (χ3v) is 1.77. The second-order valence-electron chi connectivity index (χ2n) is 3.12. The summed E-state index contributed by atoms with van der Waals surface area (Å²) in [7, 11) is 3.46. The second-order valence-corrected chi connectivity index (χ2v) is 3.12. The molecule has 0 unspecified atom stereocenters. The zero-order valence-corrected chi connectivity index (χ0v) is 7.52. The first-order valence-electron chi connectivity index (χ1n) is 3.82. The van der Waals surface area contributed by atoms with Crippen LogP contribution in [-0.4, -0.2) is 12.7 Å². The fraction of sp³-hybridized carbons (Fsp3) is 0.750. The quantitative estimate of drug-likeness (QED) is 0.364. The van der Waals surface area contributed by atoms with Crippen molar-refractivity contribution in [2.45, 2.75) is 27.2 Å². The van der Waals surface area contributed by atoms with Gasteiger partial charge in [-0.05, 0) is 20.3 Å². The topological polar surface area (TPSA) is 42.9 Å². The molecule has 11 heavy (non-hydrogen) atoms. The largest absolute Gasteiger partial charge is 0.446 e. The van der Waals surface area contributed by atoms with E-state index in [-0.39, 0.29) is 11.4 Å². The van der Waals surface area contributed by atoms with Crippen LogP contribution in [0.15, 0.2) is 0 Å². The number of carbonyl (C=O) groups is 1. The van der Waals surface area contributed by atoms with E-state index in [1.165, 1.54) is 0 Å². The lowest BCUT2D eigenvalue weighted by molar-refractivity contribution is -0.627. The molecule has 2 N–H and O–H groups in total. The van der Waals surface area contributed by atoms with Crippen molar-refractivity contribution < 1.29 is 14.8 Å². The van der Waals surface area contributed by atoms with E-state index in [9.17, 15) is 4.79 Å². The molecule has 0 aromatic heterocycles. The van der Waals surface area contributed by atoms with Crippen LogP contribution < -0.4 is 5.32 Å². The number of hydrogen-bond acceptors (Lipinski definition) is 2. The van der Waals surface area contributed by atoms with Gasteiger partial charge in [-0.15, -0.1) is 7.05 Å². The highest BCUT2D eigenvalue weighted by Crippen LogP contribution is 2.20. The summed E-state index contributed by atoms with van der Waals surface area (Å²) in [6.07, 6.45) is 0.795. The third kappa shape index (κ3) is 3.37. The third-order valence-electron chi connectivity index (χ3n) is 1.77. The molecule has 3 heteroatoms. The van der Waals surface area contributed by atoms with Gasteiger partial charge in [-0.2, -0.15) is 0 Å². The molecule has 0 aromatic carbocycles. The molecule has 0 rings (SSSR count). The first-order valence-corrected chi connectivity index (χ1v) is 3.82. The van der Waals surface area contributed by atoms with E-state index in [4.69, 9.17) is 4.74 Å². The molecule has 0 saturated carbocycles. The van der Waals surface area contributed by atoms with Crippen LogP contribution in [0.2, 0.25) is 0 Å². The number of quaternary nitrogens is 1. The number of hydrogen-bond donors (Lipinski definition) is 1. The Morgan fingerprint density at radius 2 is 2.18 bits per heavy atom. The van der Waals surface area contributed by atoms with Gasteiger partial charge in [-0.3, -0.25) is 4.79 Å². The van der Waals surface area contributed by atoms with Crippen LogP contribution in [-0.2, 0) is 9.53 Å². The summed E-state index contributed by atoms with van der Waals surface area (Å²) in [5, 5.41) is 1.57. The number of rotatable bonds is 4. The van der Waals surface area contributed by atoms with Gasteiger partial charge in [0.2, 0.25) is 0 Å². The van der Waals surface area contributed by atoms with Crippen molar-refractivity contribution in [2.24, 2.45) is 5.41 Å². The molecule has 0 aromatic rings. The van der Waals surface area contributed by atoms with Crippen LogP contribution in [0.1, 0.15) is 27.2 Å². The number of carbonyl (C=O) groups excluding carboxylic acids is 1. The highest BCUT2D eigenvalue weighted by atomic mass is 16.5. The molecule has 0 bridgehead atoms. The van der Waals surface area contributed by atoms with E-state index < -0.39 is 0 Å². The highest BCUT2D eigenvalue weighted by Gasteiger charge is 2.26. The van der Waals surface area contributed by atoms with Crippen LogP contribution in [0.4, 0.5) is 0 Å². The summed E-state index contributed by atoms with van der Waals surface area (Å²) in [4.78, 5) is 11.2. The summed E-state index contributed by atoms with van der Waals surface area (Å²) in [6.45, 7) is 6.02. The first-order chi connectivity index (χ1) is 5.04. The molecule has 66 valence electrons. The standard InChI is InChI=1S/C8H17NO2/c1-5-8(2,3)7(10)11-6-9-4/h4-6,9H2,1-3H3. The Kier molecular flexibility index (Phi) is 4.11. The Morgan fingerprint density at radius 3 is 2.55 bits per heavy atom. The lowest BCUT2D eigenvalue weighted by Gasteiger charge is -2.19. The average Bonchev–Trinajstić information content (AvgIpc) is 2.00. The minimum absolute atomic E-state index is 0.153. The summed E-state index contributed by atoms with van der Waals surface area (Å²) >= 11 is 0. The maximum atomic E-state index is 11.2. The van der Waals surface area contributed by atoms with E-state index in [2.05, 4.69) is 7.05 Å². The Hall–Kier alpha value is -0.570. The lowest BCUT2D eigenvalue weighted by Crippen LogP contribution is -2.78. The van der Waals surface area contributed by atoms with Gasteiger partial charge in [-0.25, -0.2) is 0 Å². The van der Waals surface area contributed by atoms with E-state index in [1.54, 1.807) is 5.32 Å². The maximum absolute atomic E-state index is 11.2. The minimum Gasteiger partial charge on any atom is -0.446 e. The molecule has 0 saturated heterocycles. The maximum Gasteiger partial charge on any atom is 0.315 e. The van der Waals surface area contributed by atoms with E-state index in [0.29, 0.717) is 6.73 Å². The molecule has 0 aliphatic heterocycles. The Labute approximate surface area is 68.1 Å². The highest BCUT2D eigenvalue weighted by molar-refractivity contribution is 5.75. The van der Waals surface area contributed by atoms with Gasteiger partial charge in [0.15, 0.2) is 6.73 Å². The van der Waals surface area contributed by atoms with Gasteiger partial charge in [0, 0.05) is 0 Å². The molecule has 0 aliphatic carbocycles. The molecule has 0 atom stereocenters.